The van der Waals surface area contributed by atoms with Gasteiger partial charge in [0.25, 0.3) is 0 Å². The summed E-state index contributed by atoms with van der Waals surface area (Å²) in [5.41, 5.74) is 3.77. The fraction of sp³-hybridized carbons (Fsp3) is 0.160. The maximum Gasteiger partial charge on any atom is 0.0886 e. The van der Waals surface area contributed by atoms with E-state index in [1.54, 1.807) is 0 Å². The van der Waals surface area contributed by atoms with E-state index in [0.717, 1.165) is 12.1 Å². The molecule has 0 bridgehead atoms. The Bertz CT molecular complexity index is 1270. The minimum atomic E-state index is 0.650. The SMILES string of the molecule is CC(C)Cc1cccc2c1sc1c(-c3cccc4ccccc34)nccc12. The van der Waals surface area contributed by atoms with Gasteiger partial charge in [-0.15, -0.1) is 11.3 Å². The van der Waals surface area contributed by atoms with E-state index in [-0.39, 0.29) is 0 Å². The number of hydrogen-bond acceptors (Lipinski definition) is 2. The predicted octanol–water partition coefficient (Wildman–Crippen LogP) is 7.47. The molecule has 0 aliphatic rings. The summed E-state index contributed by atoms with van der Waals surface area (Å²) in [7, 11) is 0. The molecule has 0 amide bonds. The molecule has 0 saturated heterocycles. The van der Waals surface area contributed by atoms with Gasteiger partial charge in [0.05, 0.1) is 10.4 Å². The Morgan fingerprint density at radius 3 is 2.41 bits per heavy atom. The van der Waals surface area contributed by atoms with Gasteiger partial charge in [-0.2, -0.15) is 0 Å². The summed E-state index contributed by atoms with van der Waals surface area (Å²) >= 11 is 1.90. The lowest BCUT2D eigenvalue weighted by atomic mass is 9.99. The summed E-state index contributed by atoms with van der Waals surface area (Å²) < 4.78 is 2.70. The van der Waals surface area contributed by atoms with E-state index in [0.29, 0.717) is 5.92 Å². The Labute approximate surface area is 163 Å². The maximum absolute atomic E-state index is 4.82. The van der Waals surface area contributed by atoms with Crippen molar-refractivity contribution in [1.82, 2.24) is 4.98 Å². The molecular weight excluding hydrogens is 346 g/mol. The number of fused-ring (bicyclic) bond motifs is 4. The second-order valence-electron chi connectivity index (χ2n) is 7.56. The zero-order chi connectivity index (χ0) is 18.4. The fourth-order valence-corrected chi connectivity index (χ4v) is 5.33. The first-order valence-electron chi connectivity index (χ1n) is 9.49. The lowest BCUT2D eigenvalue weighted by Crippen LogP contribution is -1.93. The first-order chi connectivity index (χ1) is 13.2. The van der Waals surface area contributed by atoms with Gasteiger partial charge in [0, 0.05) is 27.2 Å². The van der Waals surface area contributed by atoms with Gasteiger partial charge in [-0.3, -0.25) is 4.98 Å². The van der Waals surface area contributed by atoms with Crippen molar-refractivity contribution >= 4 is 42.3 Å². The Kier molecular flexibility index (Phi) is 3.95. The molecule has 5 aromatic rings. The van der Waals surface area contributed by atoms with Gasteiger partial charge in [-0.25, -0.2) is 0 Å². The molecule has 2 heteroatoms. The van der Waals surface area contributed by atoms with Crippen LogP contribution < -0.4 is 0 Å². The van der Waals surface area contributed by atoms with E-state index >= 15 is 0 Å². The summed E-state index contributed by atoms with van der Waals surface area (Å²) in [4.78, 5) is 4.82. The Hall–Kier alpha value is -2.71. The highest BCUT2D eigenvalue weighted by atomic mass is 32.1. The summed E-state index contributed by atoms with van der Waals surface area (Å²) in [5, 5.41) is 5.20. The van der Waals surface area contributed by atoms with Crippen molar-refractivity contribution in [2.75, 3.05) is 0 Å². The van der Waals surface area contributed by atoms with Crippen LogP contribution in [0.15, 0.2) is 72.9 Å². The molecule has 0 aliphatic heterocycles. The summed E-state index contributed by atoms with van der Waals surface area (Å²) in [5.74, 6) is 0.650. The summed E-state index contributed by atoms with van der Waals surface area (Å²) in [6.45, 7) is 4.57. The highest BCUT2D eigenvalue weighted by molar-refractivity contribution is 7.26. The van der Waals surface area contributed by atoms with Crippen LogP contribution in [-0.2, 0) is 6.42 Å². The van der Waals surface area contributed by atoms with Crippen molar-refractivity contribution < 1.29 is 0 Å². The van der Waals surface area contributed by atoms with Crippen molar-refractivity contribution in [3.63, 3.8) is 0 Å². The van der Waals surface area contributed by atoms with Crippen LogP contribution in [0.1, 0.15) is 19.4 Å². The number of benzene rings is 3. The predicted molar refractivity (Wildman–Crippen MR) is 119 cm³/mol. The molecule has 5 rings (SSSR count). The second-order valence-corrected chi connectivity index (χ2v) is 8.58. The van der Waals surface area contributed by atoms with E-state index in [1.165, 1.54) is 42.1 Å². The Balaban J connectivity index is 1.84. The monoisotopic (exact) mass is 367 g/mol. The first-order valence-corrected chi connectivity index (χ1v) is 10.3. The van der Waals surface area contributed by atoms with E-state index < -0.39 is 0 Å². The second kappa shape index (κ2) is 6.47. The van der Waals surface area contributed by atoms with Crippen LogP contribution in [0.5, 0.6) is 0 Å². The van der Waals surface area contributed by atoms with Crippen LogP contribution >= 0.6 is 11.3 Å². The molecule has 0 spiro atoms. The lowest BCUT2D eigenvalue weighted by molar-refractivity contribution is 0.650. The molecule has 0 unspecified atom stereocenters. The molecule has 27 heavy (non-hydrogen) atoms. The molecule has 2 aromatic heterocycles. The zero-order valence-corrected chi connectivity index (χ0v) is 16.4. The first kappa shape index (κ1) is 16.5. The highest BCUT2D eigenvalue weighted by Crippen LogP contribution is 2.41. The molecule has 0 N–H and O–H groups in total. The number of rotatable bonds is 3. The number of pyridine rings is 1. The average molecular weight is 368 g/mol. The smallest absolute Gasteiger partial charge is 0.0886 e. The van der Waals surface area contributed by atoms with Crippen molar-refractivity contribution in [3.8, 4) is 11.3 Å². The highest BCUT2D eigenvalue weighted by Gasteiger charge is 2.15. The molecule has 0 saturated carbocycles. The Morgan fingerprint density at radius 2 is 1.52 bits per heavy atom. The van der Waals surface area contributed by atoms with Crippen molar-refractivity contribution in [2.24, 2.45) is 5.92 Å². The number of aromatic nitrogens is 1. The van der Waals surface area contributed by atoms with Gasteiger partial charge in [0.15, 0.2) is 0 Å². The minimum Gasteiger partial charge on any atom is -0.255 e. The third-order valence-electron chi connectivity index (χ3n) is 5.17. The van der Waals surface area contributed by atoms with Crippen LogP contribution in [0.2, 0.25) is 0 Å². The largest absolute Gasteiger partial charge is 0.255 e. The number of nitrogens with zero attached hydrogens (tertiary/aromatic N) is 1. The number of thiophene rings is 1. The molecule has 132 valence electrons. The summed E-state index contributed by atoms with van der Waals surface area (Å²) in [6.07, 6.45) is 3.07. The molecule has 2 heterocycles. The lowest BCUT2D eigenvalue weighted by Gasteiger charge is -2.07. The zero-order valence-electron chi connectivity index (χ0n) is 15.6. The maximum atomic E-state index is 4.82. The molecule has 1 nitrogen and oxygen atoms in total. The van der Waals surface area contributed by atoms with E-state index in [9.17, 15) is 0 Å². The molecule has 0 fully saturated rings. The van der Waals surface area contributed by atoms with Crippen LogP contribution in [0.4, 0.5) is 0 Å². The molecule has 0 radical (unpaired) electrons. The standard InChI is InChI=1S/C25H21NS/c1-16(2)15-18-9-6-12-21-22-13-14-26-23(25(22)27-24(18)21)20-11-5-8-17-7-3-4-10-19(17)20/h3-14,16H,15H2,1-2H3. The van der Waals surface area contributed by atoms with E-state index in [4.69, 9.17) is 4.98 Å². The molecule has 3 aromatic carbocycles. The van der Waals surface area contributed by atoms with Gasteiger partial charge in [0.1, 0.15) is 0 Å². The van der Waals surface area contributed by atoms with Crippen LogP contribution in [0, 0.1) is 5.92 Å². The van der Waals surface area contributed by atoms with Gasteiger partial charge >= 0.3 is 0 Å². The van der Waals surface area contributed by atoms with Crippen LogP contribution in [0.25, 0.3) is 42.2 Å². The summed E-state index contributed by atoms with van der Waals surface area (Å²) in [6, 6.07) is 24.0. The normalized spacial score (nSPS) is 11.8. The van der Waals surface area contributed by atoms with Crippen LogP contribution in [0.3, 0.4) is 0 Å². The molecule has 0 aliphatic carbocycles. The third kappa shape index (κ3) is 2.72. The molecule has 0 atom stereocenters. The van der Waals surface area contributed by atoms with Gasteiger partial charge in [-0.1, -0.05) is 74.5 Å². The minimum absolute atomic E-state index is 0.650. The van der Waals surface area contributed by atoms with Gasteiger partial charge in [0.2, 0.25) is 0 Å². The van der Waals surface area contributed by atoms with Gasteiger partial charge in [-0.05, 0) is 34.7 Å². The van der Waals surface area contributed by atoms with Crippen LogP contribution in [-0.4, -0.2) is 4.98 Å². The Morgan fingerprint density at radius 1 is 0.778 bits per heavy atom. The topological polar surface area (TPSA) is 12.9 Å². The van der Waals surface area contributed by atoms with Crippen molar-refractivity contribution in [1.29, 1.82) is 0 Å². The number of hydrogen-bond donors (Lipinski definition) is 0. The van der Waals surface area contributed by atoms with Gasteiger partial charge < -0.3 is 0 Å². The quantitative estimate of drug-likeness (QED) is 0.322. The average Bonchev–Trinajstić information content (AvgIpc) is 3.07. The van der Waals surface area contributed by atoms with Crippen molar-refractivity contribution in [2.45, 2.75) is 20.3 Å². The van der Waals surface area contributed by atoms with Crippen molar-refractivity contribution in [3.05, 3.63) is 78.5 Å². The van der Waals surface area contributed by atoms with E-state index in [2.05, 4.69) is 80.6 Å². The third-order valence-corrected chi connectivity index (χ3v) is 6.47. The molecular formula is C25H21NS. The fourth-order valence-electron chi connectivity index (χ4n) is 4.01. The van der Waals surface area contributed by atoms with E-state index in [1.807, 2.05) is 17.5 Å².